The molecule has 0 aliphatic carbocycles. The monoisotopic (exact) mass is 269 g/mol. The lowest BCUT2D eigenvalue weighted by Crippen LogP contribution is -2.23. The fourth-order valence-electron chi connectivity index (χ4n) is 2.34. The van der Waals surface area contributed by atoms with Gasteiger partial charge in [-0.3, -0.25) is 0 Å². The number of hydrogen-bond donors (Lipinski definition) is 1. The van der Waals surface area contributed by atoms with E-state index < -0.39 is 9.84 Å². The van der Waals surface area contributed by atoms with Crippen LogP contribution < -0.4 is 5.32 Å². The zero-order chi connectivity index (χ0) is 13.8. The smallest absolute Gasteiger partial charge is 0.175 e. The van der Waals surface area contributed by atoms with Gasteiger partial charge in [0.15, 0.2) is 9.84 Å². The first kappa shape index (κ1) is 15.2. The van der Waals surface area contributed by atoms with Crippen LogP contribution in [0.3, 0.4) is 0 Å². The first-order valence-corrected chi connectivity index (χ1v) is 8.26. The van der Waals surface area contributed by atoms with Gasteiger partial charge in [0.25, 0.3) is 0 Å². The maximum absolute atomic E-state index is 11.6. The molecule has 0 bridgehead atoms. The average Bonchev–Trinajstić information content (AvgIpc) is 2.29. The van der Waals surface area contributed by atoms with Gasteiger partial charge < -0.3 is 5.32 Å². The molecule has 0 aliphatic heterocycles. The summed E-state index contributed by atoms with van der Waals surface area (Å²) in [4.78, 5) is 0.393. The van der Waals surface area contributed by atoms with Crippen molar-refractivity contribution in [2.75, 3.05) is 13.3 Å². The van der Waals surface area contributed by atoms with Gasteiger partial charge in [0.1, 0.15) is 0 Å². The van der Waals surface area contributed by atoms with E-state index in [0.717, 1.165) is 18.4 Å². The highest BCUT2D eigenvalue weighted by molar-refractivity contribution is 7.90. The molecule has 0 fully saturated rings. The Bertz CT molecular complexity index is 482. The molecule has 2 atom stereocenters. The van der Waals surface area contributed by atoms with Crippen LogP contribution in [0.25, 0.3) is 0 Å². The van der Waals surface area contributed by atoms with E-state index in [1.807, 2.05) is 19.2 Å². The van der Waals surface area contributed by atoms with Crippen LogP contribution in [-0.4, -0.2) is 21.7 Å². The molecular formula is C14H23NO2S. The highest BCUT2D eigenvalue weighted by Crippen LogP contribution is 2.26. The Morgan fingerprint density at radius 2 is 2.00 bits per heavy atom. The Morgan fingerprint density at radius 3 is 2.50 bits per heavy atom. The molecule has 0 aromatic heterocycles. The zero-order valence-electron chi connectivity index (χ0n) is 11.6. The molecular weight excluding hydrogens is 246 g/mol. The Hall–Kier alpha value is -0.870. The molecule has 0 aliphatic rings. The lowest BCUT2D eigenvalue weighted by molar-refractivity contribution is 0.383. The molecule has 0 amide bonds. The summed E-state index contributed by atoms with van der Waals surface area (Å²) in [6.07, 6.45) is 3.50. The van der Waals surface area contributed by atoms with E-state index in [9.17, 15) is 8.42 Å². The molecule has 0 saturated heterocycles. The molecule has 1 aromatic carbocycles. The standard InChI is InChI=1S/C14H23NO2S/c1-5-7-11(2)14(15-3)12-8-6-9-13(10-12)18(4,16)17/h6,8-11,14-15H,5,7H2,1-4H3. The first-order chi connectivity index (χ1) is 8.40. The SMILES string of the molecule is CCCC(C)C(NC)c1cccc(S(C)(=O)=O)c1. The molecule has 1 aromatic rings. The van der Waals surface area contributed by atoms with E-state index >= 15 is 0 Å². The van der Waals surface area contributed by atoms with Gasteiger partial charge in [0.05, 0.1) is 4.90 Å². The Labute approximate surface area is 111 Å². The van der Waals surface area contributed by atoms with Gasteiger partial charge in [-0.15, -0.1) is 0 Å². The van der Waals surface area contributed by atoms with Crippen molar-refractivity contribution < 1.29 is 8.42 Å². The molecule has 0 saturated carbocycles. The minimum Gasteiger partial charge on any atom is -0.313 e. The van der Waals surface area contributed by atoms with Crippen LogP contribution in [0.2, 0.25) is 0 Å². The molecule has 1 N–H and O–H groups in total. The second kappa shape index (κ2) is 6.34. The van der Waals surface area contributed by atoms with Crippen LogP contribution in [0, 0.1) is 5.92 Å². The quantitative estimate of drug-likeness (QED) is 0.863. The normalized spacial score (nSPS) is 15.3. The number of sulfone groups is 1. The molecule has 0 spiro atoms. The maximum Gasteiger partial charge on any atom is 0.175 e. The van der Waals surface area contributed by atoms with Crippen molar-refractivity contribution in [3.8, 4) is 0 Å². The van der Waals surface area contributed by atoms with Gasteiger partial charge in [-0.05, 0) is 37.1 Å². The molecule has 18 heavy (non-hydrogen) atoms. The minimum atomic E-state index is -3.13. The third kappa shape index (κ3) is 3.82. The highest BCUT2D eigenvalue weighted by atomic mass is 32.2. The van der Waals surface area contributed by atoms with Crippen molar-refractivity contribution in [3.05, 3.63) is 29.8 Å². The Kier molecular flexibility index (Phi) is 5.35. The molecule has 102 valence electrons. The summed E-state index contributed by atoms with van der Waals surface area (Å²) >= 11 is 0. The van der Waals surface area contributed by atoms with Gasteiger partial charge in [-0.1, -0.05) is 32.4 Å². The summed E-state index contributed by atoms with van der Waals surface area (Å²) < 4.78 is 23.1. The van der Waals surface area contributed by atoms with E-state index in [2.05, 4.69) is 19.2 Å². The predicted molar refractivity (Wildman–Crippen MR) is 75.4 cm³/mol. The fourth-order valence-corrected chi connectivity index (χ4v) is 3.02. The van der Waals surface area contributed by atoms with E-state index in [1.54, 1.807) is 12.1 Å². The van der Waals surface area contributed by atoms with Gasteiger partial charge in [-0.2, -0.15) is 0 Å². The van der Waals surface area contributed by atoms with Gasteiger partial charge in [0, 0.05) is 12.3 Å². The van der Waals surface area contributed by atoms with Crippen LogP contribution in [0.1, 0.15) is 38.3 Å². The molecule has 4 heteroatoms. The van der Waals surface area contributed by atoms with Crippen LogP contribution >= 0.6 is 0 Å². The third-order valence-electron chi connectivity index (χ3n) is 3.27. The molecule has 3 nitrogen and oxygen atoms in total. The number of nitrogens with one attached hydrogen (secondary N) is 1. The summed E-state index contributed by atoms with van der Waals surface area (Å²) in [5.74, 6) is 0.481. The molecule has 2 unspecified atom stereocenters. The van der Waals surface area contributed by atoms with Crippen LogP contribution in [0.4, 0.5) is 0 Å². The molecule has 0 heterocycles. The first-order valence-electron chi connectivity index (χ1n) is 6.37. The number of benzene rings is 1. The fraction of sp³-hybridized carbons (Fsp3) is 0.571. The minimum absolute atomic E-state index is 0.201. The average molecular weight is 269 g/mol. The topological polar surface area (TPSA) is 46.2 Å². The Morgan fingerprint density at radius 1 is 1.33 bits per heavy atom. The van der Waals surface area contributed by atoms with Gasteiger partial charge >= 0.3 is 0 Å². The maximum atomic E-state index is 11.6. The van der Waals surface area contributed by atoms with Crippen molar-refractivity contribution in [1.29, 1.82) is 0 Å². The van der Waals surface area contributed by atoms with Gasteiger partial charge in [-0.25, -0.2) is 8.42 Å². The number of hydrogen-bond acceptors (Lipinski definition) is 3. The molecule has 1 rings (SSSR count). The van der Waals surface area contributed by atoms with Crippen molar-refractivity contribution in [2.24, 2.45) is 5.92 Å². The lowest BCUT2D eigenvalue weighted by atomic mass is 9.91. The lowest BCUT2D eigenvalue weighted by Gasteiger charge is -2.24. The molecule has 0 radical (unpaired) electrons. The van der Waals surface area contributed by atoms with Crippen molar-refractivity contribution in [3.63, 3.8) is 0 Å². The van der Waals surface area contributed by atoms with E-state index in [1.165, 1.54) is 6.26 Å². The van der Waals surface area contributed by atoms with Crippen molar-refractivity contribution in [1.82, 2.24) is 5.32 Å². The zero-order valence-corrected chi connectivity index (χ0v) is 12.4. The summed E-state index contributed by atoms with van der Waals surface area (Å²) in [5, 5.41) is 3.29. The Balaban J connectivity index is 3.07. The number of rotatable bonds is 6. The largest absolute Gasteiger partial charge is 0.313 e. The van der Waals surface area contributed by atoms with Crippen molar-refractivity contribution >= 4 is 9.84 Å². The third-order valence-corrected chi connectivity index (χ3v) is 4.38. The second-order valence-electron chi connectivity index (χ2n) is 4.88. The van der Waals surface area contributed by atoms with Crippen LogP contribution in [0.15, 0.2) is 29.2 Å². The van der Waals surface area contributed by atoms with E-state index in [-0.39, 0.29) is 6.04 Å². The summed E-state index contributed by atoms with van der Waals surface area (Å²) in [6, 6.07) is 7.43. The van der Waals surface area contributed by atoms with E-state index in [0.29, 0.717) is 10.8 Å². The van der Waals surface area contributed by atoms with Crippen molar-refractivity contribution in [2.45, 2.75) is 37.6 Å². The van der Waals surface area contributed by atoms with Crippen LogP contribution in [0.5, 0.6) is 0 Å². The van der Waals surface area contributed by atoms with Gasteiger partial charge in [0.2, 0.25) is 0 Å². The summed E-state index contributed by atoms with van der Waals surface area (Å²) in [5.41, 5.74) is 1.04. The predicted octanol–water partition coefficient (Wildman–Crippen LogP) is 2.79. The second-order valence-corrected chi connectivity index (χ2v) is 6.89. The highest BCUT2D eigenvalue weighted by Gasteiger charge is 2.18. The summed E-state index contributed by atoms with van der Waals surface area (Å²) in [7, 11) is -1.21. The van der Waals surface area contributed by atoms with E-state index in [4.69, 9.17) is 0 Å². The van der Waals surface area contributed by atoms with Crippen LogP contribution in [-0.2, 0) is 9.84 Å². The summed E-state index contributed by atoms with van der Waals surface area (Å²) in [6.45, 7) is 4.36.